The number of anilines is 1. The van der Waals surface area contributed by atoms with Crippen LogP contribution in [-0.2, 0) is 16.6 Å². The Morgan fingerprint density at radius 2 is 2.00 bits per heavy atom. The largest absolute Gasteiger partial charge is 0.309 e. The molecule has 0 unspecified atom stereocenters. The zero-order chi connectivity index (χ0) is 13.9. The average molecular weight is 258 g/mol. The monoisotopic (exact) mass is 258 g/mol. The van der Waals surface area contributed by atoms with Gasteiger partial charge in [-0.2, -0.15) is 5.10 Å². The number of nitrogens with zero attached hydrogens (tertiary/aromatic N) is 2. The highest BCUT2D eigenvalue weighted by molar-refractivity contribution is 5.91. The molecule has 19 heavy (non-hydrogen) atoms. The molecule has 2 rings (SSSR count). The summed E-state index contributed by atoms with van der Waals surface area (Å²) >= 11 is 0. The summed E-state index contributed by atoms with van der Waals surface area (Å²) in [5, 5.41) is 9.82. The van der Waals surface area contributed by atoms with Crippen LogP contribution in [-0.4, -0.2) is 21.1 Å². The number of hydrogen-bond donors (Lipinski definition) is 2. The van der Waals surface area contributed by atoms with E-state index in [0.29, 0.717) is 12.2 Å². The molecule has 0 fully saturated rings. The van der Waals surface area contributed by atoms with E-state index in [2.05, 4.69) is 41.3 Å². The summed E-state index contributed by atoms with van der Waals surface area (Å²) in [5.41, 5.74) is 1.91. The molecule has 0 bridgehead atoms. The van der Waals surface area contributed by atoms with Crippen LogP contribution in [0.4, 0.5) is 5.82 Å². The van der Waals surface area contributed by atoms with Crippen molar-refractivity contribution in [2.75, 3.05) is 5.32 Å². The van der Waals surface area contributed by atoms with E-state index in [0.717, 1.165) is 11.3 Å². The molecule has 0 atom stereocenters. The van der Waals surface area contributed by atoms with Gasteiger partial charge in [-0.15, -0.1) is 0 Å². The fourth-order valence-corrected chi connectivity index (χ4v) is 1.64. The second-order valence-corrected chi connectivity index (χ2v) is 5.50. The molecular weight excluding hydrogens is 240 g/mol. The quantitative estimate of drug-likeness (QED) is 0.887. The lowest BCUT2D eigenvalue weighted by atomic mass is 9.92. The van der Waals surface area contributed by atoms with E-state index in [-0.39, 0.29) is 11.3 Å². The fourth-order valence-electron chi connectivity index (χ4n) is 1.64. The molecule has 100 valence electrons. The Kier molecular flexibility index (Phi) is 3.64. The first-order valence-corrected chi connectivity index (χ1v) is 6.20. The highest BCUT2D eigenvalue weighted by Gasteiger charge is 2.17. The first-order chi connectivity index (χ1) is 8.95. The van der Waals surface area contributed by atoms with Crippen LogP contribution in [0.2, 0.25) is 0 Å². The topological polar surface area (TPSA) is 70.7 Å². The third-order valence-corrected chi connectivity index (χ3v) is 2.77. The molecule has 1 amide bonds. The third kappa shape index (κ3) is 3.64. The number of pyridine rings is 1. The lowest BCUT2D eigenvalue weighted by Crippen LogP contribution is -2.14. The van der Waals surface area contributed by atoms with Crippen molar-refractivity contribution in [1.29, 1.82) is 0 Å². The van der Waals surface area contributed by atoms with Crippen molar-refractivity contribution in [2.24, 2.45) is 0 Å². The molecular formula is C14H18N4O. The number of carbonyl (C=O) groups excluding carboxylic acids is 1. The zero-order valence-corrected chi connectivity index (χ0v) is 11.4. The van der Waals surface area contributed by atoms with Crippen molar-refractivity contribution in [2.45, 2.75) is 32.6 Å². The van der Waals surface area contributed by atoms with Gasteiger partial charge < -0.3 is 5.32 Å². The summed E-state index contributed by atoms with van der Waals surface area (Å²) in [4.78, 5) is 15.8. The van der Waals surface area contributed by atoms with Crippen LogP contribution in [0.25, 0.3) is 0 Å². The van der Waals surface area contributed by atoms with Crippen LogP contribution >= 0.6 is 0 Å². The number of rotatable bonds is 3. The van der Waals surface area contributed by atoms with Gasteiger partial charge in [0.15, 0.2) is 5.82 Å². The molecule has 2 heterocycles. The number of amides is 1. The van der Waals surface area contributed by atoms with Gasteiger partial charge in [0.25, 0.3) is 0 Å². The molecule has 0 aliphatic rings. The molecule has 0 spiro atoms. The van der Waals surface area contributed by atoms with Crippen molar-refractivity contribution in [3.8, 4) is 0 Å². The van der Waals surface area contributed by atoms with Crippen molar-refractivity contribution < 1.29 is 4.79 Å². The summed E-state index contributed by atoms with van der Waals surface area (Å²) in [7, 11) is 0. The first kappa shape index (κ1) is 13.3. The molecule has 0 radical (unpaired) electrons. The standard InChI is InChI=1S/C14H18N4O/c1-14(2,3)11-9-12(18-17-11)16-13(19)8-10-4-6-15-7-5-10/h4-7,9H,8H2,1-3H3,(H2,16,17,18,19). The Morgan fingerprint density at radius 3 is 2.58 bits per heavy atom. The highest BCUT2D eigenvalue weighted by atomic mass is 16.1. The van der Waals surface area contributed by atoms with Crippen LogP contribution in [0, 0.1) is 0 Å². The molecule has 0 aromatic carbocycles. The molecule has 0 aliphatic carbocycles. The number of nitrogens with one attached hydrogen (secondary N) is 2. The van der Waals surface area contributed by atoms with Crippen LogP contribution in [0.5, 0.6) is 0 Å². The van der Waals surface area contributed by atoms with Gasteiger partial charge in [-0.25, -0.2) is 0 Å². The average Bonchev–Trinajstić information content (AvgIpc) is 2.78. The van der Waals surface area contributed by atoms with Crippen molar-refractivity contribution >= 4 is 11.7 Å². The van der Waals surface area contributed by atoms with E-state index in [1.807, 2.05) is 18.2 Å². The number of hydrogen-bond acceptors (Lipinski definition) is 3. The Balaban J connectivity index is 1.98. The molecule has 5 nitrogen and oxygen atoms in total. The summed E-state index contributed by atoms with van der Waals surface area (Å²) in [6, 6.07) is 5.51. The van der Waals surface area contributed by atoms with Crippen molar-refractivity contribution in [1.82, 2.24) is 15.2 Å². The fraction of sp³-hybridized carbons (Fsp3) is 0.357. The van der Waals surface area contributed by atoms with Gasteiger partial charge in [0, 0.05) is 29.6 Å². The van der Waals surface area contributed by atoms with Gasteiger partial charge in [0.05, 0.1) is 6.42 Å². The lowest BCUT2D eigenvalue weighted by molar-refractivity contribution is -0.115. The second-order valence-electron chi connectivity index (χ2n) is 5.50. The molecule has 2 N–H and O–H groups in total. The minimum atomic E-state index is -0.0850. The zero-order valence-electron chi connectivity index (χ0n) is 11.4. The minimum Gasteiger partial charge on any atom is -0.309 e. The van der Waals surface area contributed by atoms with Gasteiger partial charge in [-0.3, -0.25) is 14.9 Å². The maximum atomic E-state index is 11.9. The summed E-state index contributed by atoms with van der Waals surface area (Å²) in [6.07, 6.45) is 3.67. The SMILES string of the molecule is CC(C)(C)c1cc(NC(=O)Cc2ccncc2)n[nH]1. The van der Waals surface area contributed by atoms with E-state index >= 15 is 0 Å². The molecule has 5 heteroatoms. The number of aromatic nitrogens is 3. The van der Waals surface area contributed by atoms with Crippen molar-refractivity contribution in [3.05, 3.63) is 41.9 Å². The first-order valence-electron chi connectivity index (χ1n) is 6.20. The van der Waals surface area contributed by atoms with E-state index < -0.39 is 0 Å². The van der Waals surface area contributed by atoms with Gasteiger partial charge in [0.2, 0.25) is 5.91 Å². The molecule has 0 saturated heterocycles. The van der Waals surface area contributed by atoms with Gasteiger partial charge in [-0.05, 0) is 17.7 Å². The van der Waals surface area contributed by atoms with Gasteiger partial charge >= 0.3 is 0 Å². The molecule has 0 saturated carbocycles. The number of H-pyrrole nitrogens is 1. The summed E-state index contributed by atoms with van der Waals surface area (Å²) in [5.74, 6) is 0.474. The Hall–Kier alpha value is -2.17. The van der Waals surface area contributed by atoms with Gasteiger partial charge in [0.1, 0.15) is 0 Å². The van der Waals surface area contributed by atoms with E-state index in [1.165, 1.54) is 0 Å². The molecule has 2 aromatic heterocycles. The second kappa shape index (κ2) is 5.22. The number of aromatic amines is 1. The Bertz CT molecular complexity index is 554. The van der Waals surface area contributed by atoms with Crippen LogP contribution in [0.3, 0.4) is 0 Å². The van der Waals surface area contributed by atoms with Crippen LogP contribution < -0.4 is 5.32 Å². The van der Waals surface area contributed by atoms with E-state index in [9.17, 15) is 4.79 Å². The minimum absolute atomic E-state index is 0.0128. The van der Waals surface area contributed by atoms with Crippen LogP contribution in [0.15, 0.2) is 30.6 Å². The smallest absolute Gasteiger partial charge is 0.229 e. The Morgan fingerprint density at radius 1 is 1.32 bits per heavy atom. The summed E-state index contributed by atoms with van der Waals surface area (Å²) < 4.78 is 0. The maximum Gasteiger partial charge on any atom is 0.229 e. The predicted molar refractivity (Wildman–Crippen MR) is 73.9 cm³/mol. The molecule has 0 aliphatic heterocycles. The Labute approximate surface area is 112 Å². The highest BCUT2D eigenvalue weighted by Crippen LogP contribution is 2.21. The van der Waals surface area contributed by atoms with Crippen LogP contribution in [0.1, 0.15) is 32.0 Å². The van der Waals surface area contributed by atoms with E-state index in [1.54, 1.807) is 12.4 Å². The lowest BCUT2D eigenvalue weighted by Gasteiger charge is -2.14. The third-order valence-electron chi connectivity index (χ3n) is 2.77. The predicted octanol–water partition coefficient (Wildman–Crippen LogP) is 2.28. The number of carbonyl (C=O) groups is 1. The maximum absolute atomic E-state index is 11.9. The van der Waals surface area contributed by atoms with Crippen molar-refractivity contribution in [3.63, 3.8) is 0 Å². The summed E-state index contributed by atoms with van der Waals surface area (Å²) in [6.45, 7) is 6.26. The van der Waals surface area contributed by atoms with E-state index in [4.69, 9.17) is 0 Å². The van der Waals surface area contributed by atoms with Gasteiger partial charge in [-0.1, -0.05) is 20.8 Å². The molecule has 2 aromatic rings. The normalized spacial score (nSPS) is 11.3.